The summed E-state index contributed by atoms with van der Waals surface area (Å²) >= 11 is 0. The second kappa shape index (κ2) is 19.8. The molecule has 62 heavy (non-hydrogen) atoms. The van der Waals surface area contributed by atoms with Crippen LogP contribution in [0.15, 0.2) is 126 Å². The first kappa shape index (κ1) is 42.0. The van der Waals surface area contributed by atoms with Crippen molar-refractivity contribution in [1.82, 2.24) is 20.5 Å². The molecular formula is C50H54N6O6. The van der Waals surface area contributed by atoms with Crippen molar-refractivity contribution in [2.75, 3.05) is 18.5 Å². The van der Waals surface area contributed by atoms with Crippen molar-refractivity contribution in [2.24, 2.45) is 5.73 Å². The van der Waals surface area contributed by atoms with Gasteiger partial charge in [-0.05, 0) is 102 Å². The molecule has 2 atom stereocenters. The number of ether oxygens (including phenoxy) is 1. The van der Waals surface area contributed by atoms with E-state index in [-0.39, 0.29) is 30.4 Å². The molecule has 2 aliphatic rings. The van der Waals surface area contributed by atoms with Gasteiger partial charge < -0.3 is 40.7 Å². The van der Waals surface area contributed by atoms with Crippen LogP contribution in [0.3, 0.4) is 0 Å². The lowest BCUT2D eigenvalue weighted by molar-refractivity contribution is -0.122. The standard InChI is InChI=1S/C50H54N6O6/c51-43(29-34-30-53-44-20-9-8-15-37(34)44)47(57)52-27-11-10-21-45(55-50(60)62-32-42-40-18-6-4-16-38(40)39-17-5-7-19-41(39)42)48(58)54-35-25-23-33(24-26-35)31-56(36-13-2-1-3-14-36)49(59)46-22-12-28-61-46/h4-9,12,15-20,22-26,28,30,36,42-43,45,53H,1-3,10-11,13-14,21,27,29,31-32,51H2,(H,52,57)(H,54,58)(H,55,60)/t43-,45-/m0/s1. The number of nitrogens with zero attached hydrogens (tertiary/aromatic N) is 1. The molecule has 0 bridgehead atoms. The topological polar surface area (TPSA) is 172 Å². The molecule has 8 rings (SSSR count). The van der Waals surface area contributed by atoms with Gasteiger partial charge in [0.1, 0.15) is 12.6 Å². The number of hydrogen-bond acceptors (Lipinski definition) is 7. The average Bonchev–Trinajstić information content (AvgIpc) is 4.06. The van der Waals surface area contributed by atoms with Crippen molar-refractivity contribution in [2.45, 2.75) is 88.4 Å². The van der Waals surface area contributed by atoms with Crippen molar-refractivity contribution in [3.8, 4) is 11.1 Å². The molecule has 0 spiro atoms. The van der Waals surface area contributed by atoms with Crippen LogP contribution in [0.1, 0.15) is 90.1 Å². The number of amides is 4. The minimum Gasteiger partial charge on any atom is -0.459 e. The van der Waals surface area contributed by atoms with Crippen LogP contribution in [0.25, 0.3) is 22.0 Å². The lowest BCUT2D eigenvalue weighted by atomic mass is 9.93. The highest BCUT2D eigenvalue weighted by Crippen LogP contribution is 2.44. The van der Waals surface area contributed by atoms with E-state index in [1.54, 1.807) is 12.1 Å². The number of H-pyrrole nitrogens is 1. The zero-order chi connectivity index (χ0) is 42.8. The molecule has 1 fully saturated rings. The van der Waals surface area contributed by atoms with Crippen LogP contribution in [0.4, 0.5) is 10.5 Å². The fraction of sp³-hybridized carbons (Fsp3) is 0.320. The SMILES string of the molecule is N[C@@H](Cc1c[nH]c2ccccc12)C(=O)NCCCC[C@H](NC(=O)OCC1c2ccccc2-c2ccccc21)C(=O)Nc1ccc(CN(C(=O)c2ccco2)C2CCCCC2)cc1. The Kier molecular flexibility index (Phi) is 13.4. The maximum Gasteiger partial charge on any atom is 0.407 e. The van der Waals surface area contributed by atoms with Gasteiger partial charge >= 0.3 is 6.09 Å². The average molecular weight is 835 g/mol. The van der Waals surface area contributed by atoms with Gasteiger partial charge in [-0.2, -0.15) is 0 Å². The third kappa shape index (κ3) is 9.92. The zero-order valence-corrected chi connectivity index (χ0v) is 34.8. The molecule has 12 nitrogen and oxygen atoms in total. The van der Waals surface area contributed by atoms with Gasteiger partial charge in [0.2, 0.25) is 11.8 Å². The summed E-state index contributed by atoms with van der Waals surface area (Å²) in [5.41, 5.74) is 14.2. The smallest absolute Gasteiger partial charge is 0.407 e. The number of nitrogens with two attached hydrogens (primary N) is 1. The van der Waals surface area contributed by atoms with Crippen molar-refractivity contribution in [3.05, 3.63) is 150 Å². The first-order chi connectivity index (χ1) is 30.3. The number of carbonyl (C=O) groups is 4. The quantitative estimate of drug-likeness (QED) is 0.0574. The highest BCUT2D eigenvalue weighted by Gasteiger charge is 2.31. The molecule has 2 aliphatic carbocycles. The van der Waals surface area contributed by atoms with Crippen LogP contribution in [0, 0.1) is 0 Å². The van der Waals surface area contributed by atoms with E-state index >= 15 is 0 Å². The Labute approximate surface area is 361 Å². The molecule has 0 aliphatic heterocycles. The number of aromatic amines is 1. The monoisotopic (exact) mass is 834 g/mol. The largest absolute Gasteiger partial charge is 0.459 e. The van der Waals surface area contributed by atoms with Gasteiger partial charge in [-0.1, -0.05) is 98.1 Å². The molecule has 12 heteroatoms. The van der Waals surface area contributed by atoms with Crippen LogP contribution in [-0.2, 0) is 27.3 Å². The van der Waals surface area contributed by atoms with Crippen molar-refractivity contribution < 1.29 is 28.3 Å². The Morgan fingerprint density at radius 1 is 0.806 bits per heavy atom. The molecule has 4 amide bonds. The number of para-hydroxylation sites is 1. The predicted molar refractivity (Wildman–Crippen MR) is 239 cm³/mol. The predicted octanol–water partition coefficient (Wildman–Crippen LogP) is 8.44. The van der Waals surface area contributed by atoms with Crippen LogP contribution < -0.4 is 21.7 Å². The molecule has 6 N–H and O–H groups in total. The molecule has 0 unspecified atom stereocenters. The molecule has 320 valence electrons. The maximum atomic E-state index is 13.9. The van der Waals surface area contributed by atoms with Crippen LogP contribution in [0.2, 0.25) is 0 Å². The molecule has 2 heterocycles. The molecular weight excluding hydrogens is 781 g/mol. The number of anilines is 1. The Morgan fingerprint density at radius 3 is 2.24 bits per heavy atom. The van der Waals surface area contributed by atoms with E-state index in [0.717, 1.165) is 70.0 Å². The highest BCUT2D eigenvalue weighted by atomic mass is 16.5. The number of furan rings is 1. The number of alkyl carbamates (subject to hydrolysis) is 1. The molecule has 0 saturated heterocycles. The van der Waals surface area contributed by atoms with E-state index in [0.29, 0.717) is 50.2 Å². The van der Waals surface area contributed by atoms with Crippen molar-refractivity contribution in [1.29, 1.82) is 0 Å². The summed E-state index contributed by atoms with van der Waals surface area (Å²) in [6, 6.07) is 33.5. The molecule has 1 saturated carbocycles. The summed E-state index contributed by atoms with van der Waals surface area (Å²) in [6.45, 7) is 0.886. The van der Waals surface area contributed by atoms with Crippen LogP contribution >= 0.6 is 0 Å². The fourth-order valence-electron chi connectivity index (χ4n) is 8.92. The van der Waals surface area contributed by atoms with E-state index in [1.807, 2.05) is 83.9 Å². The van der Waals surface area contributed by atoms with Gasteiger partial charge in [-0.15, -0.1) is 0 Å². The Balaban J connectivity index is 0.888. The third-order valence-corrected chi connectivity index (χ3v) is 12.2. The number of rotatable bonds is 17. The van der Waals surface area contributed by atoms with Gasteiger partial charge in [0, 0.05) is 47.8 Å². The van der Waals surface area contributed by atoms with Gasteiger partial charge in [0.25, 0.3) is 5.91 Å². The second-order valence-corrected chi connectivity index (χ2v) is 16.4. The molecule has 4 aromatic carbocycles. The van der Waals surface area contributed by atoms with Crippen molar-refractivity contribution >= 4 is 40.4 Å². The lowest BCUT2D eigenvalue weighted by Gasteiger charge is -2.34. The lowest BCUT2D eigenvalue weighted by Crippen LogP contribution is -2.44. The number of hydrogen-bond donors (Lipinski definition) is 5. The minimum atomic E-state index is -0.919. The Morgan fingerprint density at radius 2 is 1.52 bits per heavy atom. The zero-order valence-electron chi connectivity index (χ0n) is 34.8. The number of aromatic nitrogens is 1. The first-order valence-corrected chi connectivity index (χ1v) is 21.8. The summed E-state index contributed by atoms with van der Waals surface area (Å²) < 4.78 is 11.3. The molecule has 6 aromatic rings. The Hall–Kier alpha value is -6.66. The van der Waals surface area contributed by atoms with Crippen molar-refractivity contribution in [3.63, 3.8) is 0 Å². The van der Waals surface area contributed by atoms with E-state index in [9.17, 15) is 19.2 Å². The number of nitrogens with one attached hydrogen (secondary N) is 4. The third-order valence-electron chi connectivity index (χ3n) is 12.2. The summed E-state index contributed by atoms with van der Waals surface area (Å²) in [5, 5.41) is 9.78. The van der Waals surface area contributed by atoms with E-state index in [1.165, 1.54) is 12.7 Å². The van der Waals surface area contributed by atoms with Gasteiger partial charge in [0.05, 0.1) is 12.3 Å². The summed E-state index contributed by atoms with van der Waals surface area (Å²) in [6.07, 6.45) is 9.73. The fourth-order valence-corrected chi connectivity index (χ4v) is 8.92. The highest BCUT2D eigenvalue weighted by molar-refractivity contribution is 5.96. The summed E-state index contributed by atoms with van der Waals surface area (Å²) in [7, 11) is 0. The molecule has 2 aromatic heterocycles. The van der Waals surface area contributed by atoms with Gasteiger partial charge in [-0.3, -0.25) is 14.4 Å². The van der Waals surface area contributed by atoms with E-state index in [2.05, 4.69) is 45.2 Å². The van der Waals surface area contributed by atoms with Crippen LogP contribution in [0.5, 0.6) is 0 Å². The number of benzene rings is 4. The first-order valence-electron chi connectivity index (χ1n) is 21.8. The maximum absolute atomic E-state index is 13.9. The Bertz CT molecular complexity index is 2430. The van der Waals surface area contributed by atoms with Gasteiger partial charge in [-0.25, -0.2) is 4.79 Å². The number of fused-ring (bicyclic) bond motifs is 4. The summed E-state index contributed by atoms with van der Waals surface area (Å²) in [4.78, 5) is 58.9. The minimum absolute atomic E-state index is 0.112. The van der Waals surface area contributed by atoms with Crippen LogP contribution in [-0.4, -0.2) is 65.0 Å². The second-order valence-electron chi connectivity index (χ2n) is 16.4. The molecule has 0 radical (unpaired) electrons. The summed E-state index contributed by atoms with van der Waals surface area (Å²) in [5.74, 6) is -0.589. The van der Waals surface area contributed by atoms with E-state index < -0.39 is 24.1 Å². The number of unbranched alkanes of at least 4 members (excludes halogenated alkanes) is 1. The van der Waals surface area contributed by atoms with E-state index in [4.69, 9.17) is 14.9 Å². The number of carbonyl (C=O) groups excluding carboxylic acids is 4. The normalized spacial score (nSPS) is 14.7. The van der Waals surface area contributed by atoms with Gasteiger partial charge in [0.15, 0.2) is 5.76 Å².